The third-order valence-electron chi connectivity index (χ3n) is 5.07. The molecule has 0 bridgehead atoms. The second-order valence-corrected chi connectivity index (χ2v) is 6.63. The van der Waals surface area contributed by atoms with Gasteiger partial charge in [-0.05, 0) is 48.4 Å². The molecule has 7 nitrogen and oxygen atoms in total. The van der Waals surface area contributed by atoms with Crippen molar-refractivity contribution in [3.05, 3.63) is 68.8 Å². The summed E-state index contributed by atoms with van der Waals surface area (Å²) in [6, 6.07) is 10.2. The van der Waals surface area contributed by atoms with E-state index in [4.69, 9.17) is 10.5 Å². The number of non-ortho nitro benzene ring substituents is 1. The molecule has 0 saturated heterocycles. The molecule has 0 unspecified atom stereocenters. The zero-order valence-electron chi connectivity index (χ0n) is 14.9. The highest BCUT2D eigenvalue weighted by Gasteiger charge is 2.38. The van der Waals surface area contributed by atoms with Crippen LogP contribution >= 0.6 is 0 Å². The quantitative estimate of drug-likeness (QED) is 0.646. The number of nitrogens with two attached hydrogens (primary N) is 1. The molecular formula is C20H19N3O4. The second-order valence-electron chi connectivity index (χ2n) is 6.63. The maximum absolute atomic E-state index is 13.2. The molecule has 1 aliphatic carbocycles. The molecule has 7 heteroatoms. The van der Waals surface area contributed by atoms with Gasteiger partial charge in [-0.1, -0.05) is 0 Å². The Bertz CT molecular complexity index is 997. The van der Waals surface area contributed by atoms with Crippen LogP contribution in [-0.4, -0.2) is 35.8 Å². The van der Waals surface area contributed by atoms with E-state index in [1.165, 1.54) is 6.07 Å². The minimum absolute atomic E-state index is 0.0289. The van der Waals surface area contributed by atoms with Crippen molar-refractivity contribution in [3.8, 4) is 5.75 Å². The Morgan fingerprint density at radius 1 is 1.19 bits per heavy atom. The predicted molar refractivity (Wildman–Crippen MR) is 101 cm³/mol. The number of hydrogen-bond donors (Lipinski definition) is 1. The third kappa shape index (κ3) is 2.67. The second kappa shape index (κ2) is 6.51. The van der Waals surface area contributed by atoms with Gasteiger partial charge in [0.25, 0.3) is 5.69 Å². The maximum atomic E-state index is 13.2. The van der Waals surface area contributed by atoms with Crippen LogP contribution in [0.15, 0.2) is 36.4 Å². The number of Topliss-reactive ketones (excluding diaryl/α,β-unsaturated/α-hetero) is 1. The van der Waals surface area contributed by atoms with Gasteiger partial charge in [-0.2, -0.15) is 0 Å². The molecule has 4 rings (SSSR count). The Kier molecular flexibility index (Phi) is 4.16. The van der Waals surface area contributed by atoms with Crippen molar-refractivity contribution in [1.82, 2.24) is 4.90 Å². The van der Waals surface area contributed by atoms with E-state index in [0.717, 1.165) is 28.8 Å². The predicted octanol–water partition coefficient (Wildman–Crippen LogP) is 2.83. The first-order valence-corrected chi connectivity index (χ1v) is 8.75. The summed E-state index contributed by atoms with van der Waals surface area (Å²) in [6.07, 6.45) is 0.765. The summed E-state index contributed by atoms with van der Waals surface area (Å²) in [5.74, 6) is 0.547. The standard InChI is InChI=1S/C20H19N3O4/c1-27-14-4-6-16-17(10-14)20(24)18-15-5-3-13(23(25)26)9-12(15)11-22(19(16)18)8-2-7-21/h3-6,9-10H,2,7-8,11,21H2,1H3. The number of benzene rings is 2. The highest BCUT2D eigenvalue weighted by atomic mass is 16.6. The average molecular weight is 365 g/mol. The van der Waals surface area contributed by atoms with E-state index in [0.29, 0.717) is 36.5 Å². The van der Waals surface area contributed by atoms with Crippen molar-refractivity contribution in [2.75, 3.05) is 20.2 Å². The summed E-state index contributed by atoms with van der Waals surface area (Å²) in [6.45, 7) is 1.72. The molecule has 2 aromatic carbocycles. The van der Waals surface area contributed by atoms with Crippen LogP contribution in [0, 0.1) is 10.1 Å². The maximum Gasteiger partial charge on any atom is 0.269 e. The van der Waals surface area contributed by atoms with Crippen molar-refractivity contribution in [3.63, 3.8) is 0 Å². The average Bonchev–Trinajstić information content (AvgIpc) is 2.98. The molecule has 2 N–H and O–H groups in total. The van der Waals surface area contributed by atoms with Gasteiger partial charge in [0.15, 0.2) is 5.78 Å². The molecule has 138 valence electrons. The fraction of sp³-hybridized carbons (Fsp3) is 0.250. The van der Waals surface area contributed by atoms with E-state index < -0.39 is 4.92 Å². The van der Waals surface area contributed by atoms with Crippen LogP contribution in [0.5, 0.6) is 5.75 Å². The summed E-state index contributed by atoms with van der Waals surface area (Å²) >= 11 is 0. The molecule has 0 fully saturated rings. The largest absolute Gasteiger partial charge is 0.497 e. The Labute approximate surface area is 156 Å². The Balaban J connectivity index is 1.89. The number of ether oxygens (including phenoxy) is 1. The van der Waals surface area contributed by atoms with Gasteiger partial charge in [0, 0.05) is 36.3 Å². The van der Waals surface area contributed by atoms with Gasteiger partial charge in [0.05, 0.1) is 23.3 Å². The van der Waals surface area contributed by atoms with E-state index in [-0.39, 0.29) is 11.5 Å². The molecule has 1 aliphatic heterocycles. The van der Waals surface area contributed by atoms with Crippen LogP contribution in [0.2, 0.25) is 0 Å². The van der Waals surface area contributed by atoms with Crippen LogP contribution in [0.1, 0.15) is 33.5 Å². The number of nitrogens with zero attached hydrogens (tertiary/aromatic N) is 2. The summed E-state index contributed by atoms with van der Waals surface area (Å²) in [5, 5.41) is 11.2. The van der Waals surface area contributed by atoms with E-state index in [1.54, 1.807) is 25.3 Å². The van der Waals surface area contributed by atoms with Crippen molar-refractivity contribution >= 4 is 22.7 Å². The molecular weight excluding hydrogens is 346 g/mol. The van der Waals surface area contributed by atoms with E-state index in [1.807, 2.05) is 12.1 Å². The molecule has 0 atom stereocenters. The number of carbonyl (C=O) groups excluding carboxylic acids is 1. The normalized spacial score (nSPS) is 14.7. The van der Waals surface area contributed by atoms with E-state index in [2.05, 4.69) is 4.90 Å². The molecule has 2 aliphatic rings. The van der Waals surface area contributed by atoms with Crippen LogP contribution in [-0.2, 0) is 6.54 Å². The first kappa shape index (κ1) is 17.2. The molecule has 0 aromatic heterocycles. The van der Waals surface area contributed by atoms with Gasteiger partial charge >= 0.3 is 0 Å². The smallest absolute Gasteiger partial charge is 0.269 e. The lowest BCUT2D eigenvalue weighted by atomic mass is 9.92. The fourth-order valence-corrected chi connectivity index (χ4v) is 3.83. The molecule has 0 amide bonds. The molecule has 0 spiro atoms. The number of rotatable bonds is 5. The lowest BCUT2D eigenvalue weighted by Gasteiger charge is -2.32. The summed E-state index contributed by atoms with van der Waals surface area (Å²) < 4.78 is 5.27. The number of fused-ring (bicyclic) bond motifs is 4. The van der Waals surface area contributed by atoms with Crippen molar-refractivity contribution in [2.45, 2.75) is 13.0 Å². The zero-order valence-corrected chi connectivity index (χ0v) is 14.9. The summed E-state index contributed by atoms with van der Waals surface area (Å²) in [7, 11) is 1.57. The Hall–Kier alpha value is -3.19. The van der Waals surface area contributed by atoms with Gasteiger partial charge in [-0.25, -0.2) is 0 Å². The Morgan fingerprint density at radius 3 is 2.67 bits per heavy atom. The summed E-state index contributed by atoms with van der Waals surface area (Å²) in [4.78, 5) is 26.1. The SMILES string of the molecule is COc1ccc2c(c1)C(=O)C1=C2N(CCCN)Cc2cc([N+](=O)[O-])ccc21. The molecule has 1 heterocycles. The van der Waals surface area contributed by atoms with Gasteiger partial charge in [0.2, 0.25) is 0 Å². The molecule has 0 saturated carbocycles. The zero-order chi connectivity index (χ0) is 19.1. The van der Waals surface area contributed by atoms with Gasteiger partial charge < -0.3 is 15.4 Å². The Morgan fingerprint density at radius 2 is 1.96 bits per heavy atom. The number of nitro benzene ring substituents is 1. The van der Waals surface area contributed by atoms with Crippen LogP contribution < -0.4 is 10.5 Å². The first-order chi connectivity index (χ1) is 13.0. The van der Waals surface area contributed by atoms with Gasteiger partial charge in [0.1, 0.15) is 5.75 Å². The number of methoxy groups -OCH3 is 1. The number of ketones is 1. The number of carbonyl (C=O) groups is 1. The minimum atomic E-state index is -0.412. The van der Waals surface area contributed by atoms with Gasteiger partial charge in [-0.3, -0.25) is 14.9 Å². The van der Waals surface area contributed by atoms with Crippen molar-refractivity contribution in [2.24, 2.45) is 5.73 Å². The first-order valence-electron chi connectivity index (χ1n) is 8.75. The van der Waals surface area contributed by atoms with Crippen LogP contribution in [0.4, 0.5) is 5.69 Å². The van der Waals surface area contributed by atoms with Gasteiger partial charge in [-0.15, -0.1) is 0 Å². The van der Waals surface area contributed by atoms with Crippen molar-refractivity contribution < 1.29 is 14.5 Å². The summed E-state index contributed by atoms with van der Waals surface area (Å²) in [5.41, 5.74) is 10.2. The molecule has 27 heavy (non-hydrogen) atoms. The molecule has 2 aromatic rings. The van der Waals surface area contributed by atoms with Crippen molar-refractivity contribution in [1.29, 1.82) is 0 Å². The topological polar surface area (TPSA) is 98.7 Å². The van der Waals surface area contributed by atoms with Crippen LogP contribution in [0.25, 0.3) is 11.3 Å². The lowest BCUT2D eigenvalue weighted by molar-refractivity contribution is -0.384. The third-order valence-corrected chi connectivity index (χ3v) is 5.07. The minimum Gasteiger partial charge on any atom is -0.497 e. The van der Waals surface area contributed by atoms with E-state index >= 15 is 0 Å². The highest BCUT2D eigenvalue weighted by molar-refractivity contribution is 6.40. The monoisotopic (exact) mass is 365 g/mol. The highest BCUT2D eigenvalue weighted by Crippen LogP contribution is 2.46. The van der Waals surface area contributed by atoms with Crippen LogP contribution in [0.3, 0.4) is 0 Å². The molecule has 0 radical (unpaired) electrons. The number of hydrogen-bond acceptors (Lipinski definition) is 6. The lowest BCUT2D eigenvalue weighted by Crippen LogP contribution is -2.28. The van der Waals surface area contributed by atoms with E-state index in [9.17, 15) is 14.9 Å². The number of nitro groups is 1. The fourth-order valence-electron chi connectivity index (χ4n) is 3.83. The number of allylic oxidation sites excluding steroid dienone is 1.